The van der Waals surface area contributed by atoms with Crippen LogP contribution in [0.4, 0.5) is 0 Å². The Morgan fingerprint density at radius 1 is 0.852 bits per heavy atom. The second-order valence-corrected chi connectivity index (χ2v) is 10.0. The van der Waals surface area contributed by atoms with Crippen LogP contribution >= 0.6 is 7.82 Å². The number of hydrogen-bond donors (Lipinski definition) is 0. The highest BCUT2D eigenvalue weighted by molar-refractivity contribution is 7.46. The van der Waals surface area contributed by atoms with E-state index in [1.807, 2.05) is 0 Å². The highest BCUT2D eigenvalue weighted by atomic mass is 31.2. The van der Waals surface area contributed by atoms with Crippen molar-refractivity contribution in [1.82, 2.24) is 0 Å². The maximum atomic E-state index is 11.2. The van der Waals surface area contributed by atoms with Crippen molar-refractivity contribution in [3.8, 4) is 0 Å². The van der Waals surface area contributed by atoms with Crippen molar-refractivity contribution in [2.75, 3.05) is 19.6 Å². The first kappa shape index (κ1) is 26.3. The van der Waals surface area contributed by atoms with Crippen LogP contribution in [0.15, 0.2) is 30.3 Å². The SMILES string of the molecule is CC(C)(C)OP(=O)([O-])OC(C)(C)C.CC[N+](CC)(CC)Cc1ccccc1. The minimum atomic E-state index is -4.19. The summed E-state index contributed by atoms with van der Waals surface area (Å²) >= 11 is 0. The minimum Gasteiger partial charge on any atom is -0.756 e. The van der Waals surface area contributed by atoms with Crippen molar-refractivity contribution in [2.24, 2.45) is 0 Å². The summed E-state index contributed by atoms with van der Waals surface area (Å²) in [4.78, 5) is 11.2. The van der Waals surface area contributed by atoms with Crippen LogP contribution in [0.25, 0.3) is 0 Å². The van der Waals surface area contributed by atoms with E-state index in [0.717, 1.165) is 0 Å². The van der Waals surface area contributed by atoms with Gasteiger partial charge in [0.1, 0.15) is 6.54 Å². The van der Waals surface area contributed by atoms with Crippen molar-refractivity contribution < 1.29 is 23.0 Å². The molecule has 0 unspecified atom stereocenters. The zero-order valence-electron chi connectivity index (χ0n) is 18.7. The molecule has 158 valence electrons. The molecule has 0 saturated carbocycles. The standard InChI is InChI=1S/C13H22N.C8H19O4P/c1-4-14(5-2,6-3)12-13-10-8-7-9-11-13;1-7(2,3)11-13(9,10)12-8(4,5)6/h7-11H,4-6,12H2,1-3H3;1-6H3,(H,9,10)/q+1;/p-1. The van der Waals surface area contributed by atoms with Crippen LogP contribution in [0.1, 0.15) is 67.9 Å². The van der Waals surface area contributed by atoms with E-state index in [0.29, 0.717) is 0 Å². The number of phosphoric acid groups is 1. The molecule has 0 heterocycles. The average Bonchev–Trinajstić information content (AvgIpc) is 2.49. The lowest BCUT2D eigenvalue weighted by atomic mass is 10.2. The lowest BCUT2D eigenvalue weighted by Gasteiger charge is -2.35. The van der Waals surface area contributed by atoms with E-state index in [4.69, 9.17) is 9.05 Å². The van der Waals surface area contributed by atoms with Gasteiger partial charge in [0.05, 0.1) is 30.8 Å². The van der Waals surface area contributed by atoms with E-state index in [1.54, 1.807) is 41.5 Å². The Morgan fingerprint density at radius 3 is 1.52 bits per heavy atom. The van der Waals surface area contributed by atoms with E-state index >= 15 is 0 Å². The summed E-state index contributed by atoms with van der Waals surface area (Å²) in [5, 5.41) is 0. The molecular formula is C21H40NO4P. The number of benzene rings is 1. The highest BCUT2D eigenvalue weighted by Gasteiger charge is 2.25. The molecule has 0 fully saturated rings. The third-order valence-corrected chi connectivity index (χ3v) is 5.69. The van der Waals surface area contributed by atoms with Crippen LogP contribution in [0.2, 0.25) is 0 Å². The zero-order valence-corrected chi connectivity index (χ0v) is 19.6. The van der Waals surface area contributed by atoms with Crippen molar-refractivity contribution in [3.05, 3.63) is 35.9 Å². The Bertz CT molecular complexity index is 544. The molecule has 0 aliphatic carbocycles. The largest absolute Gasteiger partial charge is 0.756 e. The first-order valence-corrected chi connectivity index (χ1v) is 11.2. The molecule has 0 N–H and O–H groups in total. The lowest BCUT2D eigenvalue weighted by Crippen LogP contribution is -2.46. The summed E-state index contributed by atoms with van der Waals surface area (Å²) < 4.78 is 22.0. The van der Waals surface area contributed by atoms with Crippen LogP contribution in [-0.2, 0) is 20.2 Å². The molecule has 0 radical (unpaired) electrons. The first-order valence-electron chi connectivity index (χ1n) is 9.79. The summed E-state index contributed by atoms with van der Waals surface area (Å²) in [7, 11) is -4.19. The lowest BCUT2D eigenvalue weighted by molar-refractivity contribution is -0.936. The van der Waals surface area contributed by atoms with E-state index in [-0.39, 0.29) is 0 Å². The fourth-order valence-electron chi connectivity index (χ4n) is 2.67. The van der Waals surface area contributed by atoms with E-state index in [1.165, 1.54) is 36.2 Å². The Labute approximate surface area is 166 Å². The molecule has 0 aliphatic heterocycles. The van der Waals surface area contributed by atoms with Gasteiger partial charge in [-0.1, -0.05) is 30.3 Å². The summed E-state index contributed by atoms with van der Waals surface area (Å²) in [5.41, 5.74) is -0.0385. The molecule has 0 bridgehead atoms. The monoisotopic (exact) mass is 401 g/mol. The quantitative estimate of drug-likeness (QED) is 0.468. The summed E-state index contributed by atoms with van der Waals surface area (Å²) in [6.07, 6.45) is 0. The summed E-state index contributed by atoms with van der Waals surface area (Å²) in [5.74, 6) is 0. The van der Waals surface area contributed by atoms with Gasteiger partial charge in [0.2, 0.25) is 0 Å². The van der Waals surface area contributed by atoms with Gasteiger partial charge in [-0.3, -0.25) is 4.57 Å². The second-order valence-electron chi connectivity index (χ2n) is 8.79. The van der Waals surface area contributed by atoms with Gasteiger partial charge in [0.25, 0.3) is 7.82 Å². The number of quaternary nitrogens is 1. The van der Waals surface area contributed by atoms with Gasteiger partial charge in [-0.05, 0) is 62.3 Å². The number of phosphoric ester groups is 1. The maximum absolute atomic E-state index is 11.2. The second kappa shape index (κ2) is 10.7. The van der Waals surface area contributed by atoms with Crippen LogP contribution < -0.4 is 4.89 Å². The first-order chi connectivity index (χ1) is 12.2. The molecule has 1 aromatic rings. The average molecular weight is 402 g/mol. The zero-order chi connectivity index (χ0) is 21.4. The fourth-order valence-corrected chi connectivity index (χ4v) is 4.05. The Kier molecular flexibility index (Phi) is 10.4. The topological polar surface area (TPSA) is 58.6 Å². The van der Waals surface area contributed by atoms with Crippen molar-refractivity contribution in [2.45, 2.75) is 80.1 Å². The highest BCUT2D eigenvalue weighted by Crippen LogP contribution is 2.46. The van der Waals surface area contributed by atoms with E-state index in [2.05, 4.69) is 51.1 Å². The normalized spacial score (nSPS) is 13.1. The van der Waals surface area contributed by atoms with Gasteiger partial charge in [0.15, 0.2) is 0 Å². The van der Waals surface area contributed by atoms with E-state index in [9.17, 15) is 9.46 Å². The van der Waals surface area contributed by atoms with Gasteiger partial charge in [-0.2, -0.15) is 0 Å². The maximum Gasteiger partial charge on any atom is 0.268 e. The molecule has 1 aromatic carbocycles. The molecule has 0 spiro atoms. The summed E-state index contributed by atoms with van der Waals surface area (Å²) in [6.45, 7) is 21.6. The molecule has 1 rings (SSSR count). The van der Waals surface area contributed by atoms with Crippen LogP contribution in [-0.4, -0.2) is 35.3 Å². The van der Waals surface area contributed by atoms with Gasteiger partial charge in [-0.25, -0.2) is 0 Å². The van der Waals surface area contributed by atoms with Crippen LogP contribution in [0, 0.1) is 0 Å². The third kappa shape index (κ3) is 12.4. The number of hydrogen-bond acceptors (Lipinski definition) is 4. The van der Waals surface area contributed by atoms with Gasteiger partial charge in [0, 0.05) is 5.56 Å². The Morgan fingerprint density at radius 2 is 1.22 bits per heavy atom. The van der Waals surface area contributed by atoms with Gasteiger partial charge >= 0.3 is 0 Å². The smallest absolute Gasteiger partial charge is 0.268 e. The molecule has 5 nitrogen and oxygen atoms in total. The fraction of sp³-hybridized carbons (Fsp3) is 0.714. The Hall–Kier alpha value is -0.710. The minimum absolute atomic E-state index is 0.747. The third-order valence-electron chi connectivity index (χ3n) is 4.14. The predicted octanol–water partition coefficient (Wildman–Crippen LogP) is 5.15. The van der Waals surface area contributed by atoms with Gasteiger partial charge < -0.3 is 18.4 Å². The van der Waals surface area contributed by atoms with E-state index < -0.39 is 19.0 Å². The van der Waals surface area contributed by atoms with Crippen LogP contribution in [0.5, 0.6) is 0 Å². The molecule has 0 aliphatic rings. The van der Waals surface area contributed by atoms with Gasteiger partial charge in [-0.15, -0.1) is 0 Å². The Balaban J connectivity index is 0.000000503. The molecule has 0 atom stereocenters. The number of rotatable bonds is 7. The van der Waals surface area contributed by atoms with Crippen molar-refractivity contribution in [3.63, 3.8) is 0 Å². The van der Waals surface area contributed by atoms with Crippen molar-refractivity contribution >= 4 is 7.82 Å². The van der Waals surface area contributed by atoms with Crippen molar-refractivity contribution in [1.29, 1.82) is 0 Å². The summed E-state index contributed by atoms with van der Waals surface area (Å²) in [6, 6.07) is 10.8. The number of nitrogens with zero attached hydrogens (tertiary/aromatic N) is 1. The molecule has 0 amide bonds. The van der Waals surface area contributed by atoms with Crippen LogP contribution in [0.3, 0.4) is 0 Å². The molecule has 0 aromatic heterocycles. The molecule has 6 heteroatoms. The molecular weight excluding hydrogens is 361 g/mol. The predicted molar refractivity (Wildman–Crippen MR) is 111 cm³/mol. The molecule has 0 saturated heterocycles. The molecule has 27 heavy (non-hydrogen) atoms.